The van der Waals surface area contributed by atoms with Gasteiger partial charge in [0.2, 0.25) is 11.6 Å². The van der Waals surface area contributed by atoms with Crippen molar-refractivity contribution in [3.63, 3.8) is 0 Å². The summed E-state index contributed by atoms with van der Waals surface area (Å²) in [6.07, 6.45) is 6.34. The van der Waals surface area contributed by atoms with Crippen molar-refractivity contribution in [3.05, 3.63) is 93.9 Å². The molecule has 55 heavy (non-hydrogen) atoms. The number of carbonyl (C=O) groups is 5. The first kappa shape index (κ1) is 43.2. The van der Waals surface area contributed by atoms with E-state index in [9.17, 15) is 29.1 Å². The molecule has 0 spiro atoms. The number of carbonyl (C=O) groups excluding carboxylic acids is 5. The standard InChI is InChI=1S/C41H54N4O10/c1-25-20-31-37(43-41(51)30-12-10-29(11-13-30)14-15-45-16-18-54-19-17-45)33(47)23-32(39(31)49)42-40(50)26(2)8-7-9-34(52-5)36(44-55-24-46)27(3)22-28(4)38(48)35(21-25)53-6/h7-13,22-25,28,34-36,38,44,48H,14-21H2,1-6H3,(H,42,50)(H,43,51)/b9-7-,26-8+,27-22+/t25-,28+,34+,35+,36+,38-/m1/s1. The number of hydrogen-bond donors (Lipinski definition) is 4. The van der Waals surface area contributed by atoms with Crippen LogP contribution >= 0.6 is 0 Å². The third-order valence-electron chi connectivity index (χ3n) is 10.1. The van der Waals surface area contributed by atoms with Gasteiger partial charge in [-0.05, 0) is 56.7 Å². The Hall–Kier alpha value is -4.57. The molecule has 2 aliphatic heterocycles. The summed E-state index contributed by atoms with van der Waals surface area (Å²) in [7, 11) is 2.95. The number of morpholine rings is 1. The number of aliphatic hydroxyl groups excluding tert-OH is 1. The molecule has 1 aromatic rings. The zero-order chi connectivity index (χ0) is 40.1. The number of rotatable bonds is 10. The van der Waals surface area contributed by atoms with Gasteiger partial charge in [0.25, 0.3) is 11.8 Å². The average Bonchev–Trinajstić information content (AvgIpc) is 3.18. The van der Waals surface area contributed by atoms with E-state index in [1.54, 1.807) is 38.1 Å². The molecule has 0 aromatic heterocycles. The van der Waals surface area contributed by atoms with Crippen molar-refractivity contribution >= 4 is 29.9 Å². The SMILES string of the molecule is CO[C@H]1/C=C\C=C(/C)C(=O)NC2=CC(=O)C(NC(=O)c3ccc(CCN4CCOCC4)cc3)=C(C[C@@H](C)C[C@H](OC)[C@H](O)[C@@H](C)/C=C(\C)[C@@H]1NOC=O)C2=O. The van der Waals surface area contributed by atoms with Crippen molar-refractivity contribution in [3.8, 4) is 0 Å². The molecule has 2 amide bonds. The largest absolute Gasteiger partial charge is 0.390 e. The number of nitrogens with zero attached hydrogens (tertiary/aromatic N) is 1. The minimum atomic E-state index is -0.998. The number of aliphatic hydroxyl groups is 1. The Morgan fingerprint density at radius 2 is 1.78 bits per heavy atom. The number of allylic oxidation sites excluding steroid dienone is 4. The van der Waals surface area contributed by atoms with E-state index in [0.717, 1.165) is 50.9 Å². The van der Waals surface area contributed by atoms with Gasteiger partial charge in [0, 0.05) is 62.6 Å². The van der Waals surface area contributed by atoms with E-state index < -0.39 is 53.7 Å². The quantitative estimate of drug-likeness (QED) is 0.119. The number of amides is 2. The Balaban J connectivity index is 1.64. The molecular weight excluding hydrogens is 708 g/mol. The van der Waals surface area contributed by atoms with E-state index in [-0.39, 0.29) is 47.8 Å². The lowest BCUT2D eigenvalue weighted by Gasteiger charge is -2.30. The van der Waals surface area contributed by atoms with Crippen molar-refractivity contribution in [2.75, 3.05) is 47.1 Å². The minimum absolute atomic E-state index is 0.0328. The van der Waals surface area contributed by atoms with Crippen LogP contribution in [0.15, 0.2) is 82.8 Å². The lowest BCUT2D eigenvalue weighted by Crippen LogP contribution is -2.41. The predicted molar refractivity (Wildman–Crippen MR) is 204 cm³/mol. The predicted octanol–water partition coefficient (Wildman–Crippen LogP) is 2.65. The number of ketones is 2. The molecule has 4 rings (SSSR count). The van der Waals surface area contributed by atoms with Crippen molar-refractivity contribution in [1.29, 1.82) is 0 Å². The molecule has 2 heterocycles. The molecule has 0 saturated carbocycles. The highest BCUT2D eigenvalue weighted by atomic mass is 16.7. The van der Waals surface area contributed by atoms with Gasteiger partial charge in [-0.3, -0.25) is 28.9 Å². The Bertz CT molecular complexity index is 1710. The van der Waals surface area contributed by atoms with Gasteiger partial charge in [-0.1, -0.05) is 55.9 Å². The second kappa shape index (κ2) is 20.9. The van der Waals surface area contributed by atoms with Crippen LogP contribution in [-0.2, 0) is 44.6 Å². The Kier molecular flexibility index (Phi) is 16.4. The highest BCUT2D eigenvalue weighted by Crippen LogP contribution is 2.29. The lowest BCUT2D eigenvalue weighted by atomic mass is 9.85. The van der Waals surface area contributed by atoms with Crippen molar-refractivity contribution in [2.24, 2.45) is 11.8 Å². The lowest BCUT2D eigenvalue weighted by molar-refractivity contribution is -0.138. The maximum absolute atomic E-state index is 14.1. The van der Waals surface area contributed by atoms with Gasteiger partial charge in [-0.25, -0.2) is 0 Å². The number of benzene rings is 1. The average molecular weight is 763 g/mol. The first-order valence-electron chi connectivity index (χ1n) is 18.5. The molecule has 0 radical (unpaired) electrons. The van der Waals surface area contributed by atoms with Crippen molar-refractivity contribution < 1.29 is 48.1 Å². The Morgan fingerprint density at radius 1 is 1.07 bits per heavy atom. The van der Waals surface area contributed by atoms with Crippen LogP contribution in [0.3, 0.4) is 0 Å². The fourth-order valence-electron chi connectivity index (χ4n) is 6.85. The molecule has 1 fully saturated rings. The smallest absolute Gasteiger partial charge is 0.312 e. The van der Waals surface area contributed by atoms with Crippen LogP contribution in [-0.4, -0.2) is 111 Å². The number of fused-ring (bicyclic) bond motifs is 2. The molecule has 6 atom stereocenters. The molecule has 1 aliphatic carbocycles. The van der Waals surface area contributed by atoms with E-state index in [1.807, 2.05) is 32.1 Å². The molecule has 14 nitrogen and oxygen atoms in total. The molecule has 14 heteroatoms. The molecule has 1 saturated heterocycles. The molecule has 4 N–H and O–H groups in total. The van der Waals surface area contributed by atoms with Crippen LogP contribution in [0.25, 0.3) is 0 Å². The monoisotopic (exact) mass is 762 g/mol. The maximum Gasteiger partial charge on any atom is 0.312 e. The molecule has 2 bridgehead atoms. The zero-order valence-corrected chi connectivity index (χ0v) is 32.5. The van der Waals surface area contributed by atoms with Gasteiger partial charge in [-0.15, -0.1) is 5.48 Å². The van der Waals surface area contributed by atoms with Crippen molar-refractivity contribution in [2.45, 2.75) is 71.3 Å². The highest BCUT2D eigenvalue weighted by Gasteiger charge is 2.34. The summed E-state index contributed by atoms with van der Waals surface area (Å²) < 4.78 is 16.8. The van der Waals surface area contributed by atoms with Crippen molar-refractivity contribution in [1.82, 2.24) is 21.0 Å². The van der Waals surface area contributed by atoms with Crippen LogP contribution in [0.4, 0.5) is 0 Å². The van der Waals surface area contributed by atoms with E-state index in [4.69, 9.17) is 19.0 Å². The van der Waals surface area contributed by atoms with Crippen LogP contribution in [0.2, 0.25) is 0 Å². The number of hydroxylamine groups is 1. The molecular formula is C41H54N4O10. The third kappa shape index (κ3) is 12.0. The van der Waals surface area contributed by atoms with Gasteiger partial charge in [0.1, 0.15) is 0 Å². The second-order valence-corrected chi connectivity index (χ2v) is 14.2. The van der Waals surface area contributed by atoms with Gasteiger partial charge >= 0.3 is 6.47 Å². The number of hydrogen-bond acceptors (Lipinski definition) is 12. The van der Waals surface area contributed by atoms with E-state index in [1.165, 1.54) is 20.3 Å². The van der Waals surface area contributed by atoms with Gasteiger partial charge in [-0.2, -0.15) is 0 Å². The zero-order valence-electron chi connectivity index (χ0n) is 32.5. The van der Waals surface area contributed by atoms with Crippen LogP contribution in [0.1, 0.15) is 56.5 Å². The summed E-state index contributed by atoms with van der Waals surface area (Å²) in [6.45, 7) is 11.3. The fraction of sp³-hybridized carbons (Fsp3) is 0.488. The van der Waals surface area contributed by atoms with E-state index >= 15 is 0 Å². The second-order valence-electron chi connectivity index (χ2n) is 14.2. The van der Waals surface area contributed by atoms with Gasteiger partial charge < -0.3 is 34.8 Å². The van der Waals surface area contributed by atoms with Gasteiger partial charge in [0.05, 0.1) is 49.0 Å². The Morgan fingerprint density at radius 3 is 2.44 bits per heavy atom. The Labute approximate surface area is 322 Å². The molecule has 3 aliphatic rings. The van der Waals surface area contributed by atoms with E-state index in [2.05, 4.69) is 21.0 Å². The first-order valence-corrected chi connectivity index (χ1v) is 18.5. The van der Waals surface area contributed by atoms with Gasteiger partial charge in [0.15, 0.2) is 0 Å². The summed E-state index contributed by atoms with van der Waals surface area (Å²) in [5, 5.41) is 16.7. The van der Waals surface area contributed by atoms with Crippen LogP contribution in [0, 0.1) is 11.8 Å². The summed E-state index contributed by atoms with van der Waals surface area (Å²) in [6, 6.07) is 6.47. The molecule has 298 valence electrons. The summed E-state index contributed by atoms with van der Waals surface area (Å²) in [5.74, 6) is -3.21. The number of methoxy groups -OCH3 is 2. The number of nitrogens with one attached hydrogen (secondary N) is 3. The van der Waals surface area contributed by atoms with Crippen LogP contribution < -0.4 is 16.1 Å². The maximum atomic E-state index is 14.1. The normalized spacial score (nSPS) is 28.9. The summed E-state index contributed by atoms with van der Waals surface area (Å²) in [5.41, 5.74) is 4.61. The van der Waals surface area contributed by atoms with E-state index in [0.29, 0.717) is 11.1 Å². The number of Topliss-reactive ketones (excluding diaryl/α,β-unsaturated/α-hetero) is 1. The minimum Gasteiger partial charge on any atom is -0.390 e. The summed E-state index contributed by atoms with van der Waals surface area (Å²) in [4.78, 5) is 72.8. The first-order chi connectivity index (χ1) is 26.4. The summed E-state index contributed by atoms with van der Waals surface area (Å²) >= 11 is 0. The third-order valence-corrected chi connectivity index (χ3v) is 10.1. The topological polar surface area (TPSA) is 182 Å². The highest BCUT2D eigenvalue weighted by molar-refractivity contribution is 6.24. The van der Waals surface area contributed by atoms with Crippen LogP contribution in [0.5, 0.6) is 0 Å². The molecule has 0 unspecified atom stereocenters. The fourth-order valence-corrected chi connectivity index (χ4v) is 6.85. The molecule has 1 aromatic carbocycles. The number of ether oxygens (including phenoxy) is 3.